The fourth-order valence-corrected chi connectivity index (χ4v) is 2.02. The van der Waals surface area contributed by atoms with Crippen LogP contribution < -0.4 is 5.73 Å². The third-order valence-corrected chi connectivity index (χ3v) is 2.91. The van der Waals surface area contributed by atoms with Gasteiger partial charge in [-0.1, -0.05) is 30.3 Å². The summed E-state index contributed by atoms with van der Waals surface area (Å²) in [7, 11) is 0. The van der Waals surface area contributed by atoms with Crippen LogP contribution in [-0.4, -0.2) is 14.8 Å². The van der Waals surface area contributed by atoms with Gasteiger partial charge in [0.1, 0.15) is 5.69 Å². The average molecular weight is 250 g/mol. The molecule has 0 radical (unpaired) electrons. The zero-order valence-corrected chi connectivity index (χ0v) is 10.4. The number of hydrogen-bond donors (Lipinski definition) is 1. The molecule has 0 saturated carbocycles. The van der Waals surface area contributed by atoms with Crippen molar-refractivity contribution in [1.82, 2.24) is 14.8 Å². The van der Waals surface area contributed by atoms with Crippen LogP contribution in [0, 0.1) is 0 Å². The molecule has 3 aromatic rings. The highest BCUT2D eigenvalue weighted by atomic mass is 15.3. The van der Waals surface area contributed by atoms with E-state index in [-0.39, 0.29) is 0 Å². The molecule has 0 fully saturated rings. The molecule has 94 valence electrons. The van der Waals surface area contributed by atoms with E-state index in [4.69, 9.17) is 5.73 Å². The highest BCUT2D eigenvalue weighted by molar-refractivity contribution is 5.71. The summed E-state index contributed by atoms with van der Waals surface area (Å²) in [6.45, 7) is 0.714. The Morgan fingerprint density at radius 2 is 1.89 bits per heavy atom. The molecule has 0 atom stereocenters. The number of nitrogen functional groups attached to an aromatic ring is 1. The quantitative estimate of drug-likeness (QED) is 0.777. The molecule has 2 N–H and O–H groups in total. The van der Waals surface area contributed by atoms with Crippen LogP contribution in [-0.2, 0) is 6.54 Å². The van der Waals surface area contributed by atoms with Crippen molar-refractivity contribution in [1.29, 1.82) is 0 Å². The molecule has 3 rings (SSSR count). The van der Waals surface area contributed by atoms with Crippen molar-refractivity contribution in [3.8, 4) is 11.3 Å². The summed E-state index contributed by atoms with van der Waals surface area (Å²) >= 11 is 0. The maximum absolute atomic E-state index is 6.02. The molecule has 0 aliphatic carbocycles. The smallest absolute Gasteiger partial charge is 0.117 e. The molecule has 4 heteroatoms. The second-order valence-corrected chi connectivity index (χ2v) is 4.36. The van der Waals surface area contributed by atoms with E-state index in [0.717, 1.165) is 11.3 Å². The minimum absolute atomic E-state index is 0.670. The number of nitrogens with zero attached hydrogens (tertiary/aromatic N) is 3. The summed E-state index contributed by atoms with van der Waals surface area (Å²) in [4.78, 5) is 4.09. The lowest BCUT2D eigenvalue weighted by Gasteiger charge is -2.01. The topological polar surface area (TPSA) is 56.7 Å². The van der Waals surface area contributed by atoms with E-state index < -0.39 is 0 Å². The monoisotopic (exact) mass is 250 g/mol. The molecule has 0 unspecified atom stereocenters. The molecule has 19 heavy (non-hydrogen) atoms. The highest BCUT2D eigenvalue weighted by Gasteiger charge is 2.08. The molecule has 0 amide bonds. The number of rotatable bonds is 3. The van der Waals surface area contributed by atoms with Gasteiger partial charge in [0.2, 0.25) is 0 Å². The number of aromatic nitrogens is 3. The van der Waals surface area contributed by atoms with Gasteiger partial charge in [0.05, 0.1) is 12.2 Å². The fraction of sp³-hybridized carbons (Fsp3) is 0.0667. The molecule has 0 aliphatic heterocycles. The van der Waals surface area contributed by atoms with Crippen LogP contribution in [0.2, 0.25) is 0 Å². The van der Waals surface area contributed by atoms with E-state index in [1.165, 1.54) is 5.56 Å². The van der Waals surface area contributed by atoms with Crippen molar-refractivity contribution in [3.63, 3.8) is 0 Å². The first-order valence-electron chi connectivity index (χ1n) is 6.10. The van der Waals surface area contributed by atoms with Crippen molar-refractivity contribution >= 4 is 5.69 Å². The third-order valence-electron chi connectivity index (χ3n) is 2.91. The van der Waals surface area contributed by atoms with Crippen LogP contribution in [0.4, 0.5) is 5.69 Å². The van der Waals surface area contributed by atoms with Crippen LogP contribution in [0.5, 0.6) is 0 Å². The number of benzene rings is 1. The first kappa shape index (κ1) is 11.5. The van der Waals surface area contributed by atoms with Gasteiger partial charge in [-0.2, -0.15) is 5.10 Å². The van der Waals surface area contributed by atoms with Crippen LogP contribution in [0.15, 0.2) is 61.1 Å². The van der Waals surface area contributed by atoms with Crippen LogP contribution in [0.3, 0.4) is 0 Å². The largest absolute Gasteiger partial charge is 0.396 e. The minimum Gasteiger partial charge on any atom is -0.396 e. The Bertz CT molecular complexity index is 659. The summed E-state index contributed by atoms with van der Waals surface area (Å²) in [5.41, 5.74) is 9.60. The number of nitrogens with two attached hydrogens (primary N) is 1. The number of hydrogen-bond acceptors (Lipinski definition) is 3. The third kappa shape index (κ3) is 2.47. The van der Waals surface area contributed by atoms with E-state index in [1.807, 2.05) is 41.2 Å². The van der Waals surface area contributed by atoms with E-state index in [9.17, 15) is 0 Å². The molecule has 4 nitrogen and oxygen atoms in total. The Balaban J connectivity index is 1.90. The van der Waals surface area contributed by atoms with E-state index in [2.05, 4.69) is 22.2 Å². The average Bonchev–Trinajstić information content (AvgIpc) is 2.82. The minimum atomic E-state index is 0.670. The van der Waals surface area contributed by atoms with Crippen LogP contribution in [0.25, 0.3) is 11.3 Å². The van der Waals surface area contributed by atoms with Crippen LogP contribution >= 0.6 is 0 Å². The van der Waals surface area contributed by atoms with Gasteiger partial charge in [0, 0.05) is 24.2 Å². The van der Waals surface area contributed by atoms with Crippen molar-refractivity contribution in [2.45, 2.75) is 6.54 Å². The predicted molar refractivity (Wildman–Crippen MR) is 75.4 cm³/mol. The van der Waals surface area contributed by atoms with Gasteiger partial charge in [-0.3, -0.25) is 9.67 Å². The summed E-state index contributed by atoms with van der Waals surface area (Å²) in [5.74, 6) is 0. The lowest BCUT2D eigenvalue weighted by molar-refractivity contribution is 0.689. The van der Waals surface area contributed by atoms with Crippen LogP contribution in [0.1, 0.15) is 5.56 Å². The second kappa shape index (κ2) is 4.94. The molecule has 2 heterocycles. The first-order chi connectivity index (χ1) is 9.33. The summed E-state index contributed by atoms with van der Waals surface area (Å²) < 4.78 is 1.85. The van der Waals surface area contributed by atoms with Gasteiger partial charge < -0.3 is 5.73 Å². The van der Waals surface area contributed by atoms with Crippen molar-refractivity contribution in [2.75, 3.05) is 5.73 Å². The van der Waals surface area contributed by atoms with Gasteiger partial charge in [-0.05, 0) is 17.7 Å². The standard InChI is InChI=1S/C15H14N4/c16-14-11-19(10-12-5-2-1-3-6-12)18-15(14)13-7-4-8-17-9-13/h1-9,11H,10,16H2. The van der Waals surface area contributed by atoms with Gasteiger partial charge in [-0.25, -0.2) is 0 Å². The molecular formula is C15H14N4. The Labute approximate surface area is 111 Å². The molecule has 2 aromatic heterocycles. The maximum atomic E-state index is 6.02. The Hall–Kier alpha value is -2.62. The molecule has 0 saturated heterocycles. The van der Waals surface area contributed by atoms with Gasteiger partial charge in [-0.15, -0.1) is 0 Å². The summed E-state index contributed by atoms with van der Waals surface area (Å²) in [5, 5.41) is 4.53. The lowest BCUT2D eigenvalue weighted by atomic mass is 10.2. The molecule has 1 aromatic carbocycles. The second-order valence-electron chi connectivity index (χ2n) is 4.36. The molecular weight excluding hydrogens is 236 g/mol. The van der Waals surface area contributed by atoms with Crippen molar-refractivity contribution < 1.29 is 0 Å². The van der Waals surface area contributed by atoms with E-state index in [1.54, 1.807) is 12.4 Å². The SMILES string of the molecule is Nc1cn(Cc2ccccc2)nc1-c1cccnc1. The Morgan fingerprint density at radius 3 is 2.63 bits per heavy atom. The fourth-order valence-electron chi connectivity index (χ4n) is 2.02. The first-order valence-corrected chi connectivity index (χ1v) is 6.10. The molecule has 0 spiro atoms. The van der Waals surface area contributed by atoms with Crippen molar-refractivity contribution in [2.24, 2.45) is 0 Å². The van der Waals surface area contributed by atoms with E-state index in [0.29, 0.717) is 12.2 Å². The molecule has 0 bridgehead atoms. The summed E-state index contributed by atoms with van der Waals surface area (Å²) in [6.07, 6.45) is 5.36. The Morgan fingerprint density at radius 1 is 1.05 bits per heavy atom. The zero-order valence-electron chi connectivity index (χ0n) is 10.4. The van der Waals surface area contributed by atoms with Crippen molar-refractivity contribution in [3.05, 3.63) is 66.6 Å². The Kier molecular flexibility index (Phi) is 2.98. The molecule has 0 aliphatic rings. The van der Waals surface area contributed by atoms with E-state index >= 15 is 0 Å². The summed E-state index contributed by atoms with van der Waals surface area (Å²) in [6, 6.07) is 14.0. The lowest BCUT2D eigenvalue weighted by Crippen LogP contribution is -2.00. The number of pyridine rings is 1. The van der Waals surface area contributed by atoms with Gasteiger partial charge in [0.15, 0.2) is 0 Å². The highest BCUT2D eigenvalue weighted by Crippen LogP contribution is 2.23. The van der Waals surface area contributed by atoms with Gasteiger partial charge >= 0.3 is 0 Å². The maximum Gasteiger partial charge on any atom is 0.117 e. The normalized spacial score (nSPS) is 10.5. The number of anilines is 1. The predicted octanol–water partition coefficient (Wildman–Crippen LogP) is 2.58. The van der Waals surface area contributed by atoms with Gasteiger partial charge in [0.25, 0.3) is 0 Å². The zero-order chi connectivity index (χ0) is 13.1.